The van der Waals surface area contributed by atoms with Crippen LogP contribution in [-0.4, -0.2) is 11.2 Å². The fourth-order valence-electron chi connectivity index (χ4n) is 2.40. The van der Waals surface area contributed by atoms with E-state index in [1.165, 1.54) is 6.07 Å². The molecule has 3 heteroatoms. The fraction of sp³-hybridized carbons (Fsp3) is 0.538. The van der Waals surface area contributed by atoms with E-state index >= 15 is 0 Å². The molecule has 16 heavy (non-hydrogen) atoms. The van der Waals surface area contributed by atoms with E-state index in [4.69, 9.17) is 11.6 Å². The number of rotatable bonds is 2. The molecule has 0 amide bonds. The second-order valence-corrected chi connectivity index (χ2v) is 4.99. The lowest BCUT2D eigenvalue weighted by Crippen LogP contribution is -2.26. The smallest absolute Gasteiger partial charge is 0.127 e. The standard InChI is InChI=1S/C13H16ClFO/c14-11-6-5-9(12(15)8-11)7-10-3-1-2-4-13(10)16/h5-6,8,10,13,16H,1-4,7H2. The summed E-state index contributed by atoms with van der Waals surface area (Å²) in [6.07, 6.45) is 4.40. The molecule has 1 saturated carbocycles. The molecular formula is C13H16ClFO. The van der Waals surface area contributed by atoms with Gasteiger partial charge in [0.2, 0.25) is 0 Å². The summed E-state index contributed by atoms with van der Waals surface area (Å²) in [5, 5.41) is 10.2. The summed E-state index contributed by atoms with van der Waals surface area (Å²) in [5.74, 6) is -0.0605. The van der Waals surface area contributed by atoms with E-state index in [-0.39, 0.29) is 17.8 Å². The van der Waals surface area contributed by atoms with E-state index in [9.17, 15) is 9.50 Å². The minimum atomic E-state index is -0.274. The van der Waals surface area contributed by atoms with Gasteiger partial charge in [-0.05, 0) is 42.9 Å². The zero-order chi connectivity index (χ0) is 11.5. The Hall–Kier alpha value is -0.600. The van der Waals surface area contributed by atoms with Crippen LogP contribution in [0.1, 0.15) is 31.2 Å². The predicted molar refractivity (Wildman–Crippen MR) is 63.1 cm³/mol. The van der Waals surface area contributed by atoms with Gasteiger partial charge in [0.25, 0.3) is 0 Å². The third-order valence-corrected chi connectivity index (χ3v) is 3.60. The first-order valence-corrected chi connectivity index (χ1v) is 6.16. The Kier molecular flexibility index (Phi) is 3.82. The highest BCUT2D eigenvalue weighted by Crippen LogP contribution is 2.28. The van der Waals surface area contributed by atoms with Crippen molar-refractivity contribution in [2.45, 2.75) is 38.2 Å². The van der Waals surface area contributed by atoms with Gasteiger partial charge in [0.05, 0.1) is 6.10 Å². The lowest BCUT2D eigenvalue weighted by molar-refractivity contribution is 0.0696. The summed E-state index contributed by atoms with van der Waals surface area (Å²) in [6.45, 7) is 0. The fourth-order valence-corrected chi connectivity index (χ4v) is 2.55. The average Bonchev–Trinajstić information content (AvgIpc) is 2.25. The first kappa shape index (κ1) is 11.9. The summed E-state index contributed by atoms with van der Waals surface area (Å²) < 4.78 is 13.6. The molecule has 1 aliphatic carbocycles. The number of hydrogen-bond acceptors (Lipinski definition) is 1. The monoisotopic (exact) mass is 242 g/mol. The summed E-state index contributed by atoms with van der Waals surface area (Å²) in [4.78, 5) is 0. The van der Waals surface area contributed by atoms with Gasteiger partial charge in [-0.15, -0.1) is 0 Å². The van der Waals surface area contributed by atoms with Crippen molar-refractivity contribution in [3.05, 3.63) is 34.6 Å². The quantitative estimate of drug-likeness (QED) is 0.841. The van der Waals surface area contributed by atoms with Crippen LogP contribution in [0.3, 0.4) is 0 Å². The van der Waals surface area contributed by atoms with Crippen LogP contribution in [0.5, 0.6) is 0 Å². The van der Waals surface area contributed by atoms with E-state index in [1.807, 2.05) is 0 Å². The molecule has 0 spiro atoms. The van der Waals surface area contributed by atoms with Gasteiger partial charge in [0, 0.05) is 5.02 Å². The highest BCUT2D eigenvalue weighted by atomic mass is 35.5. The molecule has 0 aliphatic heterocycles. The molecule has 1 aliphatic rings. The number of aliphatic hydroxyl groups is 1. The van der Waals surface area contributed by atoms with Crippen LogP contribution < -0.4 is 0 Å². The zero-order valence-electron chi connectivity index (χ0n) is 9.13. The van der Waals surface area contributed by atoms with Crippen molar-refractivity contribution in [3.63, 3.8) is 0 Å². The third-order valence-electron chi connectivity index (χ3n) is 3.37. The molecule has 1 nitrogen and oxygen atoms in total. The lowest BCUT2D eigenvalue weighted by Gasteiger charge is -2.27. The summed E-state index contributed by atoms with van der Waals surface area (Å²) >= 11 is 5.70. The highest BCUT2D eigenvalue weighted by molar-refractivity contribution is 6.30. The molecule has 1 aromatic rings. The van der Waals surface area contributed by atoms with Gasteiger partial charge in [0.15, 0.2) is 0 Å². The first-order valence-electron chi connectivity index (χ1n) is 5.79. The maximum Gasteiger partial charge on any atom is 0.127 e. The van der Waals surface area contributed by atoms with Crippen LogP contribution in [0.2, 0.25) is 5.02 Å². The molecule has 2 unspecified atom stereocenters. The summed E-state index contributed by atoms with van der Waals surface area (Å²) in [6, 6.07) is 4.76. The number of hydrogen-bond donors (Lipinski definition) is 1. The van der Waals surface area contributed by atoms with E-state index in [1.54, 1.807) is 12.1 Å². The van der Waals surface area contributed by atoms with Gasteiger partial charge >= 0.3 is 0 Å². The van der Waals surface area contributed by atoms with E-state index in [2.05, 4.69) is 0 Å². The van der Waals surface area contributed by atoms with Crippen molar-refractivity contribution in [2.75, 3.05) is 0 Å². The van der Waals surface area contributed by atoms with Crippen LogP contribution in [-0.2, 0) is 6.42 Å². The van der Waals surface area contributed by atoms with Gasteiger partial charge in [-0.1, -0.05) is 30.5 Å². The molecule has 88 valence electrons. The second-order valence-electron chi connectivity index (χ2n) is 4.55. The Morgan fingerprint density at radius 3 is 2.75 bits per heavy atom. The van der Waals surface area contributed by atoms with Gasteiger partial charge in [-0.2, -0.15) is 0 Å². The Morgan fingerprint density at radius 1 is 1.31 bits per heavy atom. The van der Waals surface area contributed by atoms with E-state index in [0.29, 0.717) is 17.0 Å². The number of benzene rings is 1. The summed E-state index contributed by atoms with van der Waals surface area (Å²) in [7, 11) is 0. The summed E-state index contributed by atoms with van der Waals surface area (Å²) in [5.41, 5.74) is 0.662. The van der Waals surface area contributed by atoms with E-state index in [0.717, 1.165) is 25.7 Å². The molecule has 1 fully saturated rings. The Labute approximate surface area is 100 Å². The molecule has 0 saturated heterocycles. The molecule has 2 rings (SSSR count). The first-order chi connectivity index (χ1) is 7.66. The zero-order valence-corrected chi connectivity index (χ0v) is 9.88. The molecule has 0 aromatic heterocycles. The Balaban J connectivity index is 2.07. The molecular weight excluding hydrogens is 227 g/mol. The molecule has 1 N–H and O–H groups in total. The van der Waals surface area contributed by atoms with Crippen molar-refractivity contribution in [1.29, 1.82) is 0 Å². The normalized spacial score (nSPS) is 25.7. The molecule has 0 radical (unpaired) electrons. The van der Waals surface area contributed by atoms with Gasteiger partial charge < -0.3 is 5.11 Å². The van der Waals surface area contributed by atoms with Gasteiger partial charge in [-0.25, -0.2) is 4.39 Å². The van der Waals surface area contributed by atoms with Crippen molar-refractivity contribution in [2.24, 2.45) is 5.92 Å². The van der Waals surface area contributed by atoms with Crippen LogP contribution in [0.4, 0.5) is 4.39 Å². The van der Waals surface area contributed by atoms with Crippen molar-refractivity contribution >= 4 is 11.6 Å². The van der Waals surface area contributed by atoms with Crippen molar-refractivity contribution in [1.82, 2.24) is 0 Å². The molecule has 0 heterocycles. The minimum Gasteiger partial charge on any atom is -0.393 e. The minimum absolute atomic E-state index is 0.199. The van der Waals surface area contributed by atoms with Crippen LogP contribution in [0, 0.1) is 11.7 Å². The second kappa shape index (κ2) is 5.15. The topological polar surface area (TPSA) is 20.2 Å². The lowest BCUT2D eigenvalue weighted by atomic mass is 9.82. The predicted octanol–water partition coefficient (Wildman–Crippen LogP) is 3.57. The van der Waals surface area contributed by atoms with Crippen molar-refractivity contribution in [3.8, 4) is 0 Å². The molecule has 2 atom stereocenters. The number of halogens is 2. The van der Waals surface area contributed by atoms with Crippen LogP contribution in [0.15, 0.2) is 18.2 Å². The molecule has 1 aromatic carbocycles. The average molecular weight is 243 g/mol. The Morgan fingerprint density at radius 2 is 2.06 bits per heavy atom. The SMILES string of the molecule is OC1CCCCC1Cc1ccc(Cl)cc1F. The highest BCUT2D eigenvalue weighted by Gasteiger charge is 2.23. The van der Waals surface area contributed by atoms with Crippen LogP contribution in [0.25, 0.3) is 0 Å². The third kappa shape index (κ3) is 2.74. The van der Waals surface area contributed by atoms with Gasteiger partial charge in [0.1, 0.15) is 5.82 Å². The van der Waals surface area contributed by atoms with Crippen LogP contribution >= 0.6 is 11.6 Å². The van der Waals surface area contributed by atoms with Gasteiger partial charge in [-0.3, -0.25) is 0 Å². The molecule has 0 bridgehead atoms. The maximum absolute atomic E-state index is 13.6. The maximum atomic E-state index is 13.6. The Bertz CT molecular complexity index is 367. The van der Waals surface area contributed by atoms with Crippen molar-refractivity contribution < 1.29 is 9.50 Å². The largest absolute Gasteiger partial charge is 0.393 e. The number of aliphatic hydroxyl groups excluding tert-OH is 1. The van der Waals surface area contributed by atoms with E-state index < -0.39 is 0 Å².